The molecule has 0 saturated heterocycles. The second-order valence-electron chi connectivity index (χ2n) is 3.42. The monoisotopic (exact) mass is 184 g/mol. The topological polar surface area (TPSA) is 24.5 Å². The molecule has 3 heteroatoms. The van der Waals surface area contributed by atoms with E-state index >= 15 is 0 Å². The number of hydrogen-bond acceptors (Lipinski definition) is 3. The molecule has 3 nitrogen and oxygen atoms in total. The minimum absolute atomic E-state index is 0.514. The van der Waals surface area contributed by atoms with Crippen molar-refractivity contribution in [2.75, 3.05) is 40.4 Å². The van der Waals surface area contributed by atoms with Crippen molar-refractivity contribution in [1.29, 1.82) is 0 Å². The highest BCUT2D eigenvalue weighted by molar-refractivity contribution is 4.93. The maximum atomic E-state index is 5.20. The van der Waals surface area contributed by atoms with Crippen molar-refractivity contribution in [3.8, 4) is 0 Å². The first-order valence-corrected chi connectivity index (χ1v) is 4.91. The third-order valence-corrected chi connectivity index (χ3v) is 2.40. The van der Waals surface area contributed by atoms with Crippen LogP contribution < -0.4 is 5.32 Å². The summed E-state index contributed by atoms with van der Waals surface area (Å²) in [6.45, 7) is 4.04. The molecular weight excluding hydrogens is 164 g/mol. The third kappa shape index (κ3) is 3.46. The molecule has 1 aliphatic heterocycles. The molecule has 0 amide bonds. The van der Waals surface area contributed by atoms with Gasteiger partial charge in [0.15, 0.2) is 0 Å². The molecule has 1 heterocycles. The maximum absolute atomic E-state index is 5.20. The fourth-order valence-electron chi connectivity index (χ4n) is 1.71. The molecule has 0 spiro atoms. The van der Waals surface area contributed by atoms with Crippen LogP contribution in [-0.4, -0.2) is 51.3 Å². The van der Waals surface area contributed by atoms with Crippen molar-refractivity contribution < 1.29 is 4.74 Å². The first-order valence-electron chi connectivity index (χ1n) is 4.91. The molecule has 0 aromatic rings. The van der Waals surface area contributed by atoms with Gasteiger partial charge in [-0.3, -0.25) is 4.90 Å². The zero-order valence-electron chi connectivity index (χ0n) is 8.62. The zero-order chi connectivity index (χ0) is 9.52. The summed E-state index contributed by atoms with van der Waals surface area (Å²) in [6, 6.07) is 0.514. The van der Waals surface area contributed by atoms with Gasteiger partial charge in [-0.05, 0) is 13.5 Å². The van der Waals surface area contributed by atoms with Crippen LogP contribution in [0.3, 0.4) is 0 Å². The molecule has 1 N–H and O–H groups in total. The summed E-state index contributed by atoms with van der Waals surface area (Å²) >= 11 is 0. The molecule has 1 atom stereocenters. The molecule has 0 aromatic carbocycles. The van der Waals surface area contributed by atoms with Crippen LogP contribution in [0, 0.1) is 0 Å². The normalized spacial score (nSPS) is 20.5. The Kier molecular flexibility index (Phi) is 5.05. The summed E-state index contributed by atoms with van der Waals surface area (Å²) in [5.74, 6) is 0. The van der Waals surface area contributed by atoms with E-state index < -0.39 is 0 Å². The number of ether oxygens (including phenoxy) is 1. The standard InChI is InChI=1S/C10H20N2O/c1-11-8-10(9-13-2)12-6-4-3-5-7-12/h3-4,10-11H,5-9H2,1-2H3. The van der Waals surface area contributed by atoms with Gasteiger partial charge in [-0.15, -0.1) is 0 Å². The van der Waals surface area contributed by atoms with E-state index in [4.69, 9.17) is 4.74 Å². The van der Waals surface area contributed by atoms with Crippen molar-refractivity contribution in [1.82, 2.24) is 10.2 Å². The lowest BCUT2D eigenvalue weighted by Crippen LogP contribution is -2.45. The zero-order valence-corrected chi connectivity index (χ0v) is 8.62. The predicted octanol–water partition coefficient (Wildman–Crippen LogP) is 0.483. The number of hydrogen-bond donors (Lipinski definition) is 1. The minimum Gasteiger partial charge on any atom is -0.383 e. The van der Waals surface area contributed by atoms with Crippen LogP contribution in [0.2, 0.25) is 0 Å². The molecule has 1 rings (SSSR count). The van der Waals surface area contributed by atoms with E-state index in [0.717, 1.165) is 26.2 Å². The Labute approximate surface area is 80.8 Å². The van der Waals surface area contributed by atoms with Crippen LogP contribution in [0.5, 0.6) is 0 Å². The summed E-state index contributed by atoms with van der Waals surface area (Å²) in [5, 5.41) is 3.20. The first-order chi connectivity index (χ1) is 6.38. The minimum atomic E-state index is 0.514. The largest absolute Gasteiger partial charge is 0.383 e. The van der Waals surface area contributed by atoms with Gasteiger partial charge in [0.2, 0.25) is 0 Å². The van der Waals surface area contributed by atoms with E-state index in [1.165, 1.54) is 6.42 Å². The fraction of sp³-hybridized carbons (Fsp3) is 0.800. The predicted molar refractivity (Wildman–Crippen MR) is 54.9 cm³/mol. The van der Waals surface area contributed by atoms with E-state index in [9.17, 15) is 0 Å². The molecule has 76 valence electrons. The lowest BCUT2D eigenvalue weighted by Gasteiger charge is -2.31. The van der Waals surface area contributed by atoms with Gasteiger partial charge in [-0.25, -0.2) is 0 Å². The molecule has 0 fully saturated rings. The SMILES string of the molecule is CNCC(COC)N1CC=CCC1. The number of methoxy groups -OCH3 is 1. The van der Waals surface area contributed by atoms with Crippen LogP contribution in [0.15, 0.2) is 12.2 Å². The summed E-state index contributed by atoms with van der Waals surface area (Å²) in [5.41, 5.74) is 0. The van der Waals surface area contributed by atoms with E-state index in [2.05, 4.69) is 22.4 Å². The highest BCUT2D eigenvalue weighted by Gasteiger charge is 2.17. The Bertz CT molecular complexity index is 153. The Morgan fingerprint density at radius 3 is 2.92 bits per heavy atom. The van der Waals surface area contributed by atoms with E-state index in [1.54, 1.807) is 7.11 Å². The highest BCUT2D eigenvalue weighted by Crippen LogP contribution is 2.06. The molecule has 1 aliphatic rings. The van der Waals surface area contributed by atoms with Gasteiger partial charge < -0.3 is 10.1 Å². The van der Waals surface area contributed by atoms with Crippen molar-refractivity contribution in [3.63, 3.8) is 0 Å². The van der Waals surface area contributed by atoms with Gasteiger partial charge in [-0.1, -0.05) is 12.2 Å². The van der Waals surface area contributed by atoms with E-state index in [-0.39, 0.29) is 0 Å². The van der Waals surface area contributed by atoms with Crippen LogP contribution in [0.25, 0.3) is 0 Å². The van der Waals surface area contributed by atoms with Crippen LogP contribution in [0.4, 0.5) is 0 Å². The number of nitrogens with zero attached hydrogens (tertiary/aromatic N) is 1. The number of rotatable bonds is 5. The first kappa shape index (κ1) is 10.7. The van der Waals surface area contributed by atoms with E-state index in [0.29, 0.717) is 6.04 Å². The second-order valence-corrected chi connectivity index (χ2v) is 3.42. The average Bonchev–Trinajstić information content (AvgIpc) is 2.19. The molecule has 13 heavy (non-hydrogen) atoms. The van der Waals surface area contributed by atoms with Crippen molar-refractivity contribution in [3.05, 3.63) is 12.2 Å². The molecule has 1 unspecified atom stereocenters. The Hall–Kier alpha value is -0.380. The Morgan fingerprint density at radius 2 is 2.38 bits per heavy atom. The Morgan fingerprint density at radius 1 is 1.54 bits per heavy atom. The van der Waals surface area contributed by atoms with Crippen molar-refractivity contribution in [2.45, 2.75) is 12.5 Å². The van der Waals surface area contributed by atoms with Crippen LogP contribution in [-0.2, 0) is 4.74 Å². The summed E-state index contributed by atoms with van der Waals surface area (Å²) < 4.78 is 5.20. The van der Waals surface area contributed by atoms with Crippen LogP contribution >= 0.6 is 0 Å². The average molecular weight is 184 g/mol. The fourth-order valence-corrected chi connectivity index (χ4v) is 1.71. The van der Waals surface area contributed by atoms with Gasteiger partial charge in [0.1, 0.15) is 0 Å². The second kappa shape index (κ2) is 6.13. The maximum Gasteiger partial charge on any atom is 0.0630 e. The van der Waals surface area contributed by atoms with Gasteiger partial charge >= 0.3 is 0 Å². The molecule has 0 aromatic heterocycles. The van der Waals surface area contributed by atoms with Gasteiger partial charge in [0, 0.05) is 32.8 Å². The molecule has 0 radical (unpaired) electrons. The quantitative estimate of drug-likeness (QED) is 0.629. The summed E-state index contributed by atoms with van der Waals surface area (Å²) in [4.78, 5) is 2.46. The van der Waals surface area contributed by atoms with E-state index in [1.807, 2.05) is 7.05 Å². The van der Waals surface area contributed by atoms with Crippen molar-refractivity contribution >= 4 is 0 Å². The molecule has 0 aliphatic carbocycles. The molecular formula is C10H20N2O. The lowest BCUT2D eigenvalue weighted by atomic mass is 10.2. The number of likely N-dealkylation sites (N-methyl/N-ethyl adjacent to an activating group) is 1. The smallest absolute Gasteiger partial charge is 0.0630 e. The summed E-state index contributed by atoms with van der Waals surface area (Å²) in [7, 11) is 3.75. The van der Waals surface area contributed by atoms with Gasteiger partial charge in [-0.2, -0.15) is 0 Å². The summed E-state index contributed by atoms with van der Waals surface area (Å²) in [6.07, 6.45) is 5.66. The van der Waals surface area contributed by atoms with Gasteiger partial charge in [0.25, 0.3) is 0 Å². The molecule has 0 saturated carbocycles. The van der Waals surface area contributed by atoms with Crippen LogP contribution in [0.1, 0.15) is 6.42 Å². The molecule has 0 bridgehead atoms. The number of nitrogens with one attached hydrogen (secondary N) is 1. The highest BCUT2D eigenvalue weighted by atomic mass is 16.5. The lowest BCUT2D eigenvalue weighted by molar-refractivity contribution is 0.0962. The van der Waals surface area contributed by atoms with Gasteiger partial charge in [0.05, 0.1) is 6.61 Å². The van der Waals surface area contributed by atoms with Crippen molar-refractivity contribution in [2.24, 2.45) is 0 Å². The third-order valence-electron chi connectivity index (χ3n) is 2.40. The Balaban J connectivity index is 2.37.